The zero-order chi connectivity index (χ0) is 14.9. The second kappa shape index (κ2) is 5.71. The van der Waals surface area contributed by atoms with Gasteiger partial charge in [-0.05, 0) is 26.0 Å². The molecule has 0 bridgehead atoms. The molecule has 3 N–H and O–H groups in total. The number of anilines is 1. The number of methoxy groups -OCH3 is 1. The number of carbonyl (C=O) groups is 1. The quantitative estimate of drug-likeness (QED) is 0.882. The summed E-state index contributed by atoms with van der Waals surface area (Å²) in [7, 11) is 1.61. The number of halogens is 1. The van der Waals surface area contributed by atoms with Gasteiger partial charge >= 0.3 is 0 Å². The standard InChI is InChI=1S/C14H17BrN2O2S/c1-14(2,7-19-3)17-13(18)12-11(16)10-8(15)5-4-6-9(10)20-12/h4-6H,7,16H2,1-3H3,(H,17,18). The van der Waals surface area contributed by atoms with Gasteiger partial charge in [-0.25, -0.2) is 0 Å². The van der Waals surface area contributed by atoms with Gasteiger partial charge in [-0.3, -0.25) is 4.79 Å². The van der Waals surface area contributed by atoms with E-state index in [1.54, 1.807) is 7.11 Å². The Bertz CT molecular complexity index is 652. The van der Waals surface area contributed by atoms with Crippen LogP contribution in [0.2, 0.25) is 0 Å². The van der Waals surface area contributed by atoms with Crippen molar-refractivity contribution in [3.05, 3.63) is 27.5 Å². The predicted octanol–water partition coefficient (Wildman–Crippen LogP) is 3.40. The first-order valence-electron chi connectivity index (χ1n) is 6.13. The van der Waals surface area contributed by atoms with E-state index in [9.17, 15) is 4.79 Å². The van der Waals surface area contributed by atoms with Crippen LogP contribution >= 0.6 is 27.3 Å². The van der Waals surface area contributed by atoms with Gasteiger partial charge in [-0.1, -0.05) is 22.0 Å². The maximum Gasteiger partial charge on any atom is 0.264 e. The lowest BCUT2D eigenvalue weighted by molar-refractivity contribution is 0.0824. The number of fused-ring (bicyclic) bond motifs is 1. The molecule has 0 saturated carbocycles. The van der Waals surface area contributed by atoms with Crippen LogP contribution in [0.5, 0.6) is 0 Å². The van der Waals surface area contributed by atoms with Crippen LogP contribution in [0, 0.1) is 0 Å². The SMILES string of the molecule is COCC(C)(C)NC(=O)c1sc2cccc(Br)c2c1N. The van der Waals surface area contributed by atoms with Crippen molar-refractivity contribution in [1.29, 1.82) is 0 Å². The van der Waals surface area contributed by atoms with Crippen molar-refractivity contribution in [1.82, 2.24) is 5.32 Å². The maximum atomic E-state index is 12.4. The summed E-state index contributed by atoms with van der Waals surface area (Å²) in [4.78, 5) is 12.9. The van der Waals surface area contributed by atoms with Crippen LogP contribution in [0.4, 0.5) is 5.69 Å². The van der Waals surface area contributed by atoms with Crippen LogP contribution in [-0.4, -0.2) is 25.2 Å². The molecule has 108 valence electrons. The van der Waals surface area contributed by atoms with Crippen molar-refractivity contribution in [3.8, 4) is 0 Å². The molecular weight excluding hydrogens is 340 g/mol. The van der Waals surface area contributed by atoms with Crippen molar-refractivity contribution in [2.24, 2.45) is 0 Å². The summed E-state index contributed by atoms with van der Waals surface area (Å²) < 4.78 is 7.00. The monoisotopic (exact) mass is 356 g/mol. The number of rotatable bonds is 4. The number of ether oxygens (including phenoxy) is 1. The number of thiophene rings is 1. The molecule has 0 unspecified atom stereocenters. The van der Waals surface area contributed by atoms with Crippen LogP contribution in [-0.2, 0) is 4.74 Å². The minimum Gasteiger partial charge on any atom is -0.397 e. The molecule has 0 aliphatic rings. The molecule has 20 heavy (non-hydrogen) atoms. The number of hydrogen-bond donors (Lipinski definition) is 2. The van der Waals surface area contributed by atoms with Gasteiger partial charge in [0.1, 0.15) is 4.88 Å². The summed E-state index contributed by atoms with van der Waals surface area (Å²) in [6.45, 7) is 4.26. The fraction of sp³-hybridized carbons (Fsp3) is 0.357. The maximum absolute atomic E-state index is 12.4. The average Bonchev–Trinajstić information content (AvgIpc) is 2.67. The molecule has 0 radical (unpaired) electrons. The fourth-order valence-corrected chi connectivity index (χ4v) is 3.81. The third-order valence-electron chi connectivity index (χ3n) is 2.86. The molecule has 1 heterocycles. The van der Waals surface area contributed by atoms with E-state index in [0.717, 1.165) is 14.6 Å². The number of hydrogen-bond acceptors (Lipinski definition) is 4. The summed E-state index contributed by atoms with van der Waals surface area (Å²) >= 11 is 4.87. The molecule has 4 nitrogen and oxygen atoms in total. The molecule has 0 spiro atoms. The Morgan fingerprint density at radius 3 is 2.80 bits per heavy atom. The Balaban J connectivity index is 2.36. The predicted molar refractivity (Wildman–Crippen MR) is 87.4 cm³/mol. The lowest BCUT2D eigenvalue weighted by Crippen LogP contribution is -2.46. The summed E-state index contributed by atoms with van der Waals surface area (Å²) in [5, 5.41) is 3.84. The molecule has 1 aromatic heterocycles. The van der Waals surface area contributed by atoms with Gasteiger partial charge in [0.2, 0.25) is 0 Å². The Morgan fingerprint density at radius 2 is 2.20 bits per heavy atom. The summed E-state index contributed by atoms with van der Waals surface area (Å²) in [6, 6.07) is 5.80. The molecule has 2 rings (SSSR count). The zero-order valence-corrected chi connectivity index (χ0v) is 14.0. The molecule has 0 atom stereocenters. The van der Waals surface area contributed by atoms with E-state index in [2.05, 4.69) is 21.2 Å². The third-order valence-corrected chi connectivity index (χ3v) is 4.70. The Kier molecular flexibility index (Phi) is 4.36. The minimum absolute atomic E-state index is 0.169. The molecule has 0 aliphatic heterocycles. The molecule has 1 aromatic carbocycles. The highest BCUT2D eigenvalue weighted by atomic mass is 79.9. The van der Waals surface area contributed by atoms with Gasteiger partial charge in [0.15, 0.2) is 0 Å². The first kappa shape index (κ1) is 15.3. The number of nitrogens with one attached hydrogen (secondary N) is 1. The third kappa shape index (κ3) is 2.97. The number of nitrogen functional groups attached to an aromatic ring is 1. The highest BCUT2D eigenvalue weighted by Crippen LogP contribution is 2.38. The average molecular weight is 357 g/mol. The van der Waals surface area contributed by atoms with Crippen molar-refractivity contribution in [2.75, 3.05) is 19.5 Å². The van der Waals surface area contributed by atoms with Crippen molar-refractivity contribution in [2.45, 2.75) is 19.4 Å². The van der Waals surface area contributed by atoms with E-state index in [1.165, 1.54) is 11.3 Å². The number of amides is 1. The minimum atomic E-state index is -0.439. The van der Waals surface area contributed by atoms with Crippen LogP contribution in [0.25, 0.3) is 10.1 Å². The molecule has 0 saturated heterocycles. The van der Waals surface area contributed by atoms with E-state index < -0.39 is 5.54 Å². The van der Waals surface area contributed by atoms with Gasteiger partial charge < -0.3 is 15.8 Å². The number of benzene rings is 1. The lowest BCUT2D eigenvalue weighted by atomic mass is 10.1. The number of carbonyl (C=O) groups excluding carboxylic acids is 1. The van der Waals surface area contributed by atoms with E-state index in [0.29, 0.717) is 17.2 Å². The van der Waals surface area contributed by atoms with Crippen molar-refractivity contribution in [3.63, 3.8) is 0 Å². The normalized spacial score (nSPS) is 11.8. The highest BCUT2D eigenvalue weighted by molar-refractivity contribution is 9.10. The van der Waals surface area contributed by atoms with Crippen LogP contribution in [0.15, 0.2) is 22.7 Å². The van der Waals surface area contributed by atoms with Gasteiger partial charge in [0, 0.05) is 21.7 Å². The van der Waals surface area contributed by atoms with Gasteiger partial charge in [0.05, 0.1) is 17.8 Å². The van der Waals surface area contributed by atoms with E-state index in [4.69, 9.17) is 10.5 Å². The Hall–Kier alpha value is -1.11. The van der Waals surface area contributed by atoms with Gasteiger partial charge in [0.25, 0.3) is 5.91 Å². The molecule has 1 amide bonds. The summed E-state index contributed by atoms with van der Waals surface area (Å²) in [5.41, 5.74) is 6.20. The first-order valence-corrected chi connectivity index (χ1v) is 7.74. The van der Waals surface area contributed by atoms with E-state index in [1.807, 2.05) is 32.0 Å². The number of nitrogens with two attached hydrogens (primary N) is 1. The summed E-state index contributed by atoms with van der Waals surface area (Å²) in [6.07, 6.45) is 0. The van der Waals surface area contributed by atoms with E-state index in [-0.39, 0.29) is 5.91 Å². The molecule has 6 heteroatoms. The van der Waals surface area contributed by atoms with Gasteiger partial charge in [-0.2, -0.15) is 0 Å². The molecule has 0 aliphatic carbocycles. The smallest absolute Gasteiger partial charge is 0.264 e. The van der Waals surface area contributed by atoms with Crippen molar-refractivity contribution >= 4 is 48.9 Å². The Morgan fingerprint density at radius 1 is 1.50 bits per heavy atom. The topological polar surface area (TPSA) is 64.3 Å². The van der Waals surface area contributed by atoms with Gasteiger partial charge in [-0.15, -0.1) is 11.3 Å². The highest BCUT2D eigenvalue weighted by Gasteiger charge is 2.24. The largest absolute Gasteiger partial charge is 0.397 e. The van der Waals surface area contributed by atoms with Crippen LogP contribution in [0.1, 0.15) is 23.5 Å². The second-order valence-corrected chi connectivity index (χ2v) is 7.14. The molecule has 0 fully saturated rings. The van der Waals surface area contributed by atoms with Crippen LogP contribution < -0.4 is 11.1 Å². The summed E-state index contributed by atoms with van der Waals surface area (Å²) in [5.74, 6) is -0.169. The van der Waals surface area contributed by atoms with E-state index >= 15 is 0 Å². The van der Waals surface area contributed by atoms with Crippen LogP contribution in [0.3, 0.4) is 0 Å². The zero-order valence-electron chi connectivity index (χ0n) is 11.6. The molecule has 2 aromatic rings. The van der Waals surface area contributed by atoms with Crippen molar-refractivity contribution < 1.29 is 9.53 Å². The fourth-order valence-electron chi connectivity index (χ4n) is 2.06. The molecular formula is C14H17BrN2O2S. The lowest BCUT2D eigenvalue weighted by Gasteiger charge is -2.24. The Labute approximate surface area is 130 Å². The first-order chi connectivity index (χ1) is 9.35. The second-order valence-electron chi connectivity index (χ2n) is 5.23.